The average Bonchev–Trinajstić information content (AvgIpc) is 2.96. The van der Waals surface area contributed by atoms with Crippen LogP contribution in [0.25, 0.3) is 23.1 Å². The van der Waals surface area contributed by atoms with E-state index >= 15 is 0 Å². The van der Waals surface area contributed by atoms with Crippen molar-refractivity contribution in [1.29, 1.82) is 0 Å². The number of benzene rings is 1. The third-order valence-electron chi connectivity index (χ3n) is 3.14. The number of aromatic nitrogens is 4. The zero-order valence-corrected chi connectivity index (χ0v) is 11.6. The largest absolute Gasteiger partial charge is 0.495 e. The summed E-state index contributed by atoms with van der Waals surface area (Å²) in [7, 11) is 1.43. The molecule has 1 aromatic carbocycles. The third kappa shape index (κ3) is 2.39. The topological polar surface area (TPSA) is 101 Å². The second-order valence-corrected chi connectivity index (χ2v) is 4.45. The van der Waals surface area contributed by atoms with E-state index in [2.05, 4.69) is 20.2 Å². The number of nitrogens with one attached hydrogen (secondary N) is 1. The molecule has 0 atom stereocenters. The van der Waals surface area contributed by atoms with Gasteiger partial charge in [-0.2, -0.15) is 5.10 Å². The third-order valence-corrected chi connectivity index (χ3v) is 3.14. The van der Waals surface area contributed by atoms with Crippen molar-refractivity contribution in [3.8, 4) is 5.75 Å². The second kappa shape index (κ2) is 5.65. The Kier molecular flexibility index (Phi) is 3.53. The van der Waals surface area contributed by atoms with Gasteiger partial charge in [0, 0.05) is 12.4 Å². The lowest BCUT2D eigenvalue weighted by Gasteiger charge is -2.06. The molecule has 2 N–H and O–H groups in total. The molecule has 0 aliphatic heterocycles. The van der Waals surface area contributed by atoms with Gasteiger partial charge in [0.05, 0.1) is 35.6 Å². The molecule has 0 spiro atoms. The molecule has 0 radical (unpaired) electrons. The predicted octanol–water partition coefficient (Wildman–Crippen LogP) is 2.23. The van der Waals surface area contributed by atoms with Crippen LogP contribution in [0.15, 0.2) is 30.7 Å². The molecule has 7 nitrogen and oxygen atoms in total. The summed E-state index contributed by atoms with van der Waals surface area (Å²) in [5.74, 6) is -0.777. The zero-order valence-electron chi connectivity index (χ0n) is 11.6. The minimum atomic E-state index is -1.05. The van der Waals surface area contributed by atoms with Gasteiger partial charge in [-0.05, 0) is 24.3 Å². The normalized spacial score (nSPS) is 11.1. The van der Waals surface area contributed by atoms with E-state index in [1.807, 2.05) is 0 Å². The Morgan fingerprint density at radius 1 is 1.32 bits per heavy atom. The Morgan fingerprint density at radius 3 is 2.86 bits per heavy atom. The SMILES string of the molecule is COc1c(C(=O)O)ccc2n[nH]c(/C=C/c3cnccn3)c12. The van der Waals surface area contributed by atoms with Crippen molar-refractivity contribution >= 4 is 29.0 Å². The van der Waals surface area contributed by atoms with Crippen LogP contribution in [0, 0.1) is 0 Å². The van der Waals surface area contributed by atoms with Gasteiger partial charge in [0.2, 0.25) is 0 Å². The van der Waals surface area contributed by atoms with Gasteiger partial charge in [-0.25, -0.2) is 4.79 Å². The smallest absolute Gasteiger partial charge is 0.339 e. The van der Waals surface area contributed by atoms with E-state index in [9.17, 15) is 9.90 Å². The summed E-state index contributed by atoms with van der Waals surface area (Å²) in [5, 5.41) is 16.9. The number of ether oxygens (including phenoxy) is 1. The summed E-state index contributed by atoms with van der Waals surface area (Å²) in [4.78, 5) is 19.4. The molecule has 0 aliphatic carbocycles. The first-order valence-electron chi connectivity index (χ1n) is 6.43. The number of aromatic carboxylic acids is 1. The summed E-state index contributed by atoms with van der Waals surface area (Å²) in [6.07, 6.45) is 8.31. The molecule has 2 heterocycles. The van der Waals surface area contributed by atoms with Gasteiger partial charge in [-0.3, -0.25) is 15.1 Å². The van der Waals surface area contributed by atoms with Crippen LogP contribution in [0.4, 0.5) is 0 Å². The van der Waals surface area contributed by atoms with E-state index in [-0.39, 0.29) is 11.3 Å². The molecule has 22 heavy (non-hydrogen) atoms. The number of carbonyl (C=O) groups is 1. The fraction of sp³-hybridized carbons (Fsp3) is 0.0667. The lowest BCUT2D eigenvalue weighted by atomic mass is 10.1. The lowest BCUT2D eigenvalue weighted by Crippen LogP contribution is -2.00. The first-order chi connectivity index (χ1) is 10.7. The summed E-state index contributed by atoms with van der Waals surface area (Å²) in [6, 6.07) is 3.11. The molecule has 3 rings (SSSR count). The second-order valence-electron chi connectivity index (χ2n) is 4.45. The maximum atomic E-state index is 11.3. The Hall–Kier alpha value is -3.22. The summed E-state index contributed by atoms with van der Waals surface area (Å²) >= 11 is 0. The Morgan fingerprint density at radius 2 is 2.18 bits per heavy atom. The molecule has 0 amide bonds. The maximum Gasteiger partial charge on any atom is 0.339 e. The van der Waals surface area contributed by atoms with Gasteiger partial charge >= 0.3 is 5.97 Å². The van der Waals surface area contributed by atoms with Crippen LogP contribution >= 0.6 is 0 Å². The van der Waals surface area contributed by atoms with Crippen LogP contribution in [-0.2, 0) is 0 Å². The Labute approximate surface area is 125 Å². The van der Waals surface area contributed by atoms with Crippen LogP contribution < -0.4 is 4.74 Å². The van der Waals surface area contributed by atoms with Crippen LogP contribution in [0.1, 0.15) is 21.7 Å². The number of aromatic amines is 1. The molecule has 0 bridgehead atoms. The van der Waals surface area contributed by atoms with E-state index < -0.39 is 5.97 Å². The van der Waals surface area contributed by atoms with Gasteiger partial charge in [0.25, 0.3) is 0 Å². The highest BCUT2D eigenvalue weighted by molar-refractivity contribution is 6.02. The molecule has 3 aromatic rings. The van der Waals surface area contributed by atoms with E-state index in [1.165, 1.54) is 13.2 Å². The monoisotopic (exact) mass is 296 g/mol. The van der Waals surface area contributed by atoms with E-state index in [1.54, 1.807) is 36.8 Å². The van der Waals surface area contributed by atoms with Crippen molar-refractivity contribution in [2.75, 3.05) is 7.11 Å². The summed E-state index contributed by atoms with van der Waals surface area (Å²) < 4.78 is 5.27. The number of carboxylic acids is 1. The fourth-order valence-corrected chi connectivity index (χ4v) is 2.17. The number of methoxy groups -OCH3 is 1. The minimum Gasteiger partial charge on any atom is -0.495 e. The number of fused-ring (bicyclic) bond motifs is 1. The van der Waals surface area contributed by atoms with Gasteiger partial charge in [-0.15, -0.1) is 0 Å². The van der Waals surface area contributed by atoms with Crippen LogP contribution in [0.3, 0.4) is 0 Å². The van der Waals surface area contributed by atoms with Crippen LogP contribution in [0.2, 0.25) is 0 Å². The predicted molar refractivity (Wildman–Crippen MR) is 80.6 cm³/mol. The average molecular weight is 296 g/mol. The molecule has 0 saturated carbocycles. The highest BCUT2D eigenvalue weighted by atomic mass is 16.5. The molecule has 0 unspecified atom stereocenters. The molecule has 0 fully saturated rings. The molecule has 110 valence electrons. The molecule has 2 aromatic heterocycles. The number of hydrogen-bond donors (Lipinski definition) is 2. The maximum absolute atomic E-state index is 11.3. The number of rotatable bonds is 4. The van der Waals surface area contributed by atoms with Gasteiger partial charge in [0.1, 0.15) is 11.3 Å². The number of nitrogens with zero attached hydrogens (tertiary/aromatic N) is 3. The van der Waals surface area contributed by atoms with Crippen molar-refractivity contribution < 1.29 is 14.6 Å². The number of H-pyrrole nitrogens is 1. The van der Waals surface area contributed by atoms with E-state index in [0.717, 1.165) is 0 Å². The number of carboxylic acid groups (broad SMARTS) is 1. The molecular formula is C15H12N4O3. The molecule has 0 aliphatic rings. The van der Waals surface area contributed by atoms with E-state index in [0.29, 0.717) is 22.3 Å². The van der Waals surface area contributed by atoms with Gasteiger partial charge in [-0.1, -0.05) is 0 Å². The summed E-state index contributed by atoms with van der Waals surface area (Å²) in [6.45, 7) is 0. The Bertz CT molecular complexity index is 856. The van der Waals surface area contributed by atoms with Crippen molar-refractivity contribution in [2.24, 2.45) is 0 Å². The van der Waals surface area contributed by atoms with Crippen molar-refractivity contribution in [3.63, 3.8) is 0 Å². The summed E-state index contributed by atoms with van der Waals surface area (Å²) in [5.41, 5.74) is 2.03. The lowest BCUT2D eigenvalue weighted by molar-refractivity contribution is 0.0693. The molecule has 0 saturated heterocycles. The fourth-order valence-electron chi connectivity index (χ4n) is 2.17. The van der Waals surface area contributed by atoms with Crippen molar-refractivity contribution in [1.82, 2.24) is 20.2 Å². The van der Waals surface area contributed by atoms with Gasteiger partial charge < -0.3 is 9.84 Å². The molecule has 7 heteroatoms. The Balaban J connectivity index is 2.12. The van der Waals surface area contributed by atoms with Crippen molar-refractivity contribution in [2.45, 2.75) is 0 Å². The van der Waals surface area contributed by atoms with Crippen molar-refractivity contribution in [3.05, 3.63) is 47.7 Å². The highest BCUT2D eigenvalue weighted by Gasteiger charge is 2.17. The van der Waals surface area contributed by atoms with Crippen LogP contribution in [0.5, 0.6) is 5.75 Å². The highest BCUT2D eigenvalue weighted by Crippen LogP contribution is 2.32. The first kappa shape index (κ1) is 13.7. The standard InChI is InChI=1S/C15H12N4O3/c1-22-14-10(15(20)21)3-5-12-13(14)11(18-19-12)4-2-9-8-16-6-7-17-9/h2-8H,1H3,(H,18,19)(H,20,21)/b4-2+. The zero-order chi connectivity index (χ0) is 15.5. The molecular weight excluding hydrogens is 284 g/mol. The van der Waals surface area contributed by atoms with Gasteiger partial charge in [0.15, 0.2) is 0 Å². The minimum absolute atomic E-state index is 0.0885. The van der Waals surface area contributed by atoms with E-state index in [4.69, 9.17) is 4.74 Å². The van der Waals surface area contributed by atoms with Crippen LogP contribution in [-0.4, -0.2) is 38.4 Å². The number of hydrogen-bond acceptors (Lipinski definition) is 5. The quantitative estimate of drug-likeness (QED) is 0.765. The first-order valence-corrected chi connectivity index (χ1v) is 6.43.